The van der Waals surface area contributed by atoms with E-state index >= 15 is 0 Å². The van der Waals surface area contributed by atoms with Crippen molar-refractivity contribution >= 4 is 0 Å². The Morgan fingerprint density at radius 2 is 2.17 bits per heavy atom. The largest absolute Gasteiger partial charge is 0.381 e. The van der Waals surface area contributed by atoms with E-state index in [-0.39, 0.29) is 0 Å². The lowest BCUT2D eigenvalue weighted by molar-refractivity contribution is 0.125. The van der Waals surface area contributed by atoms with Crippen molar-refractivity contribution in [2.75, 3.05) is 20.3 Å². The molecule has 0 saturated carbocycles. The molecule has 104 valence electrons. The second-order valence-electron chi connectivity index (χ2n) is 4.68. The minimum atomic E-state index is 0.461. The zero-order valence-corrected chi connectivity index (χ0v) is 12.2. The van der Waals surface area contributed by atoms with Crippen molar-refractivity contribution in [3.8, 4) is 0 Å². The Morgan fingerprint density at radius 3 is 2.78 bits per heavy atom. The maximum absolute atomic E-state index is 5.55. The number of likely N-dealkylation sites (N-methyl/N-ethyl adjacent to an activating group) is 1. The van der Waals surface area contributed by atoms with Crippen LogP contribution in [-0.2, 0) is 17.7 Å². The van der Waals surface area contributed by atoms with E-state index in [1.165, 1.54) is 5.69 Å². The molecule has 4 nitrogen and oxygen atoms in total. The third-order valence-corrected chi connectivity index (χ3v) is 3.11. The van der Waals surface area contributed by atoms with Gasteiger partial charge in [0.05, 0.1) is 5.69 Å². The van der Waals surface area contributed by atoms with Gasteiger partial charge in [0, 0.05) is 37.9 Å². The van der Waals surface area contributed by atoms with Crippen LogP contribution in [0.1, 0.15) is 38.1 Å². The van der Waals surface area contributed by atoms with Crippen LogP contribution in [0.3, 0.4) is 0 Å². The van der Waals surface area contributed by atoms with Gasteiger partial charge in [-0.2, -0.15) is 5.10 Å². The molecule has 0 aliphatic carbocycles. The predicted molar refractivity (Wildman–Crippen MR) is 74.9 cm³/mol. The number of aromatic nitrogens is 2. The summed E-state index contributed by atoms with van der Waals surface area (Å²) in [5, 5.41) is 7.85. The van der Waals surface area contributed by atoms with Gasteiger partial charge in [-0.1, -0.05) is 6.92 Å². The second kappa shape index (κ2) is 8.27. The number of ether oxygens (including phenoxy) is 1. The summed E-state index contributed by atoms with van der Waals surface area (Å²) in [6, 6.07) is 2.64. The quantitative estimate of drug-likeness (QED) is 0.685. The normalized spacial score (nSPS) is 12.9. The standard InChI is InChI=1S/C14H27N3O/c1-5-8-18-9-7-13(15-4)11-14-10-12(3)16-17(14)6-2/h10,13,15H,5-9,11H2,1-4H3. The Labute approximate surface area is 111 Å². The number of hydrogen-bond acceptors (Lipinski definition) is 3. The first kappa shape index (κ1) is 15.2. The van der Waals surface area contributed by atoms with Gasteiger partial charge in [0.15, 0.2) is 0 Å². The third-order valence-electron chi connectivity index (χ3n) is 3.11. The monoisotopic (exact) mass is 253 g/mol. The predicted octanol–water partition coefficient (Wildman–Crippen LogP) is 2.16. The molecule has 0 aliphatic heterocycles. The summed E-state index contributed by atoms with van der Waals surface area (Å²) in [4.78, 5) is 0. The van der Waals surface area contributed by atoms with Crippen LogP contribution in [0.5, 0.6) is 0 Å². The fourth-order valence-electron chi connectivity index (χ4n) is 2.11. The highest BCUT2D eigenvalue weighted by atomic mass is 16.5. The van der Waals surface area contributed by atoms with E-state index in [0.717, 1.165) is 44.7 Å². The molecule has 0 saturated heterocycles. The Hall–Kier alpha value is -0.870. The average Bonchev–Trinajstić information content (AvgIpc) is 2.73. The molecule has 0 spiro atoms. The fraction of sp³-hybridized carbons (Fsp3) is 0.786. The van der Waals surface area contributed by atoms with Crippen LogP contribution >= 0.6 is 0 Å². The van der Waals surface area contributed by atoms with Crippen LogP contribution in [0, 0.1) is 6.92 Å². The summed E-state index contributed by atoms with van der Waals surface area (Å²) >= 11 is 0. The molecule has 0 aliphatic rings. The molecule has 1 aromatic rings. The summed E-state index contributed by atoms with van der Waals surface area (Å²) in [5.74, 6) is 0. The van der Waals surface area contributed by atoms with Crippen molar-refractivity contribution in [3.05, 3.63) is 17.5 Å². The number of nitrogens with zero attached hydrogens (tertiary/aromatic N) is 2. The lowest BCUT2D eigenvalue weighted by atomic mass is 10.1. The first-order chi connectivity index (χ1) is 8.71. The summed E-state index contributed by atoms with van der Waals surface area (Å²) in [6.45, 7) is 8.95. The molecule has 0 amide bonds. The maximum atomic E-state index is 5.55. The molecule has 1 unspecified atom stereocenters. The van der Waals surface area contributed by atoms with Gasteiger partial charge >= 0.3 is 0 Å². The SMILES string of the molecule is CCCOCCC(Cc1cc(C)nn1CC)NC. The lowest BCUT2D eigenvalue weighted by Gasteiger charge is -2.16. The van der Waals surface area contributed by atoms with Gasteiger partial charge in [-0.15, -0.1) is 0 Å². The molecule has 1 N–H and O–H groups in total. The third kappa shape index (κ3) is 4.78. The molecule has 1 aromatic heterocycles. The van der Waals surface area contributed by atoms with Crippen molar-refractivity contribution in [2.45, 2.75) is 52.6 Å². The van der Waals surface area contributed by atoms with E-state index in [1.807, 2.05) is 7.05 Å². The maximum Gasteiger partial charge on any atom is 0.0596 e. The average molecular weight is 253 g/mol. The molecular weight excluding hydrogens is 226 g/mol. The van der Waals surface area contributed by atoms with E-state index in [4.69, 9.17) is 4.74 Å². The zero-order valence-electron chi connectivity index (χ0n) is 12.2. The van der Waals surface area contributed by atoms with Crippen molar-refractivity contribution in [2.24, 2.45) is 0 Å². The van der Waals surface area contributed by atoms with Gasteiger partial charge in [0.25, 0.3) is 0 Å². The molecule has 0 aromatic carbocycles. The molecule has 4 heteroatoms. The molecule has 18 heavy (non-hydrogen) atoms. The number of rotatable bonds is 9. The van der Waals surface area contributed by atoms with E-state index in [9.17, 15) is 0 Å². The van der Waals surface area contributed by atoms with Gasteiger partial charge in [0.2, 0.25) is 0 Å². The second-order valence-corrected chi connectivity index (χ2v) is 4.68. The summed E-state index contributed by atoms with van der Waals surface area (Å²) < 4.78 is 7.64. The topological polar surface area (TPSA) is 39.1 Å². The molecule has 1 heterocycles. The lowest BCUT2D eigenvalue weighted by Crippen LogP contribution is -2.30. The fourth-order valence-corrected chi connectivity index (χ4v) is 2.11. The highest BCUT2D eigenvalue weighted by molar-refractivity contribution is 5.10. The summed E-state index contributed by atoms with van der Waals surface area (Å²) in [5.41, 5.74) is 2.41. The number of aryl methyl sites for hydroxylation is 2. The molecule has 1 atom stereocenters. The highest BCUT2D eigenvalue weighted by Crippen LogP contribution is 2.09. The van der Waals surface area contributed by atoms with Gasteiger partial charge in [-0.05, 0) is 39.8 Å². The first-order valence-electron chi connectivity index (χ1n) is 6.99. The summed E-state index contributed by atoms with van der Waals surface area (Å²) in [7, 11) is 2.02. The Morgan fingerprint density at radius 1 is 1.39 bits per heavy atom. The van der Waals surface area contributed by atoms with Crippen molar-refractivity contribution in [1.82, 2.24) is 15.1 Å². The molecule has 0 radical (unpaired) electrons. The molecular formula is C14H27N3O. The van der Waals surface area contributed by atoms with Crippen LogP contribution in [-0.4, -0.2) is 36.1 Å². The van der Waals surface area contributed by atoms with E-state index < -0.39 is 0 Å². The van der Waals surface area contributed by atoms with Crippen LogP contribution in [0.4, 0.5) is 0 Å². The van der Waals surface area contributed by atoms with Gasteiger partial charge in [-0.25, -0.2) is 0 Å². The smallest absolute Gasteiger partial charge is 0.0596 e. The van der Waals surface area contributed by atoms with Crippen molar-refractivity contribution < 1.29 is 4.74 Å². The van der Waals surface area contributed by atoms with Crippen LogP contribution in [0.15, 0.2) is 6.07 Å². The van der Waals surface area contributed by atoms with E-state index in [2.05, 4.69) is 41.9 Å². The van der Waals surface area contributed by atoms with Crippen LogP contribution < -0.4 is 5.32 Å². The Balaban J connectivity index is 2.46. The van der Waals surface area contributed by atoms with E-state index in [1.54, 1.807) is 0 Å². The van der Waals surface area contributed by atoms with E-state index in [0.29, 0.717) is 6.04 Å². The summed E-state index contributed by atoms with van der Waals surface area (Å²) in [6.07, 6.45) is 3.15. The van der Waals surface area contributed by atoms with Crippen LogP contribution in [0.25, 0.3) is 0 Å². The minimum Gasteiger partial charge on any atom is -0.381 e. The minimum absolute atomic E-state index is 0.461. The van der Waals surface area contributed by atoms with Crippen molar-refractivity contribution in [3.63, 3.8) is 0 Å². The highest BCUT2D eigenvalue weighted by Gasteiger charge is 2.11. The number of hydrogen-bond donors (Lipinski definition) is 1. The molecule has 0 fully saturated rings. The van der Waals surface area contributed by atoms with Gasteiger partial charge in [-0.3, -0.25) is 4.68 Å². The Kier molecular flexibility index (Phi) is 6.98. The van der Waals surface area contributed by atoms with Crippen LogP contribution in [0.2, 0.25) is 0 Å². The van der Waals surface area contributed by atoms with Gasteiger partial charge < -0.3 is 10.1 Å². The molecule has 1 rings (SSSR count). The number of nitrogens with one attached hydrogen (secondary N) is 1. The zero-order chi connectivity index (χ0) is 13.4. The van der Waals surface area contributed by atoms with Crippen molar-refractivity contribution in [1.29, 1.82) is 0 Å². The van der Waals surface area contributed by atoms with Gasteiger partial charge in [0.1, 0.15) is 0 Å². The first-order valence-corrected chi connectivity index (χ1v) is 6.99. The Bertz CT molecular complexity index is 336. The molecule has 0 bridgehead atoms.